The van der Waals surface area contributed by atoms with Crippen LogP contribution in [-0.4, -0.2) is 27.6 Å². The summed E-state index contributed by atoms with van der Waals surface area (Å²) in [5, 5.41) is 0. The van der Waals surface area contributed by atoms with Gasteiger partial charge >= 0.3 is 0 Å². The largest absolute Gasteiger partial charge is 0.497 e. The molecule has 3 N–H and O–H groups in total. The number of hydrogen-bond donors (Lipinski definition) is 2. The normalized spacial score (nSPS) is 16.2. The topological polar surface area (TPSA) is 110 Å². The molecule has 1 aromatic heterocycles. The number of ether oxygens (including phenoxy) is 1. The lowest BCUT2D eigenvalue weighted by Gasteiger charge is -2.34. The zero-order chi connectivity index (χ0) is 20.6. The van der Waals surface area contributed by atoms with Gasteiger partial charge in [0.2, 0.25) is 15.9 Å². The lowest BCUT2D eigenvalue weighted by Crippen LogP contribution is -2.42. The fourth-order valence-corrected chi connectivity index (χ4v) is 3.77. The number of nitrogens with one attached hydrogen (secondary N) is 1. The van der Waals surface area contributed by atoms with Gasteiger partial charge in [0, 0.05) is 16.9 Å². The summed E-state index contributed by atoms with van der Waals surface area (Å²) in [6.45, 7) is 0. The van der Waals surface area contributed by atoms with Gasteiger partial charge in [0.05, 0.1) is 25.2 Å². The zero-order valence-electron chi connectivity index (χ0n) is 15.9. The van der Waals surface area contributed by atoms with Crippen LogP contribution in [0.4, 0.5) is 17.3 Å². The lowest BCUT2D eigenvalue weighted by atomic mass is 10.1. The minimum Gasteiger partial charge on any atom is -0.497 e. The Labute approximate surface area is 168 Å². The molecule has 9 heteroatoms. The molecule has 0 fully saturated rings. The van der Waals surface area contributed by atoms with E-state index in [2.05, 4.69) is 9.71 Å². The number of fused-ring (bicyclic) bond motifs is 1. The second-order valence-electron chi connectivity index (χ2n) is 6.58. The van der Waals surface area contributed by atoms with Crippen LogP contribution in [-0.2, 0) is 10.0 Å². The molecule has 1 unspecified atom stereocenters. The van der Waals surface area contributed by atoms with Crippen molar-refractivity contribution in [1.82, 2.24) is 0 Å². The Balaban J connectivity index is 1.82. The van der Waals surface area contributed by atoms with Crippen LogP contribution in [0.5, 0.6) is 5.75 Å². The van der Waals surface area contributed by atoms with Crippen molar-refractivity contribution in [3.63, 3.8) is 0 Å². The van der Waals surface area contributed by atoms with Crippen LogP contribution in [0.25, 0.3) is 0 Å². The van der Waals surface area contributed by atoms with E-state index in [1.165, 1.54) is 0 Å². The molecule has 29 heavy (non-hydrogen) atoms. The molecule has 8 nitrogen and oxygen atoms in total. The van der Waals surface area contributed by atoms with Crippen LogP contribution < -0.4 is 20.1 Å². The SMILES string of the molecule is COc1ccc(N2C(c3cccc(NS(C)(=O)=O)c3)=Nc3occc3C2N)cc1. The molecule has 0 saturated carbocycles. The maximum atomic E-state index is 11.6. The number of methoxy groups -OCH3 is 1. The van der Waals surface area contributed by atoms with Gasteiger partial charge in [0.25, 0.3) is 0 Å². The van der Waals surface area contributed by atoms with E-state index in [0.717, 1.165) is 23.3 Å². The predicted molar refractivity (Wildman–Crippen MR) is 112 cm³/mol. The van der Waals surface area contributed by atoms with Crippen LogP contribution in [0.1, 0.15) is 17.3 Å². The summed E-state index contributed by atoms with van der Waals surface area (Å²) in [5.41, 5.74) is 9.24. The van der Waals surface area contributed by atoms with E-state index < -0.39 is 16.2 Å². The summed E-state index contributed by atoms with van der Waals surface area (Å²) in [6, 6.07) is 16.2. The van der Waals surface area contributed by atoms with Crippen molar-refractivity contribution in [2.75, 3.05) is 23.0 Å². The van der Waals surface area contributed by atoms with E-state index in [-0.39, 0.29) is 0 Å². The molecule has 150 valence electrons. The Hall–Kier alpha value is -3.30. The molecule has 3 aromatic rings. The van der Waals surface area contributed by atoms with E-state index in [1.54, 1.807) is 37.6 Å². The summed E-state index contributed by atoms with van der Waals surface area (Å²) >= 11 is 0. The summed E-state index contributed by atoms with van der Waals surface area (Å²) in [4.78, 5) is 6.52. The van der Waals surface area contributed by atoms with E-state index in [0.29, 0.717) is 23.0 Å². The predicted octanol–water partition coefficient (Wildman–Crippen LogP) is 3.22. The first-order valence-electron chi connectivity index (χ1n) is 8.79. The number of aliphatic imine (C=N–C) groups is 1. The van der Waals surface area contributed by atoms with Crippen molar-refractivity contribution in [3.8, 4) is 5.75 Å². The second kappa shape index (κ2) is 7.26. The van der Waals surface area contributed by atoms with Crippen LogP contribution in [0.2, 0.25) is 0 Å². The number of benzene rings is 2. The van der Waals surface area contributed by atoms with E-state index >= 15 is 0 Å². The van der Waals surface area contributed by atoms with Gasteiger partial charge in [-0.25, -0.2) is 8.42 Å². The quantitative estimate of drug-likeness (QED) is 0.666. The van der Waals surface area contributed by atoms with Gasteiger partial charge in [0.15, 0.2) is 0 Å². The second-order valence-corrected chi connectivity index (χ2v) is 8.33. The van der Waals surface area contributed by atoms with Gasteiger partial charge in [-0.1, -0.05) is 12.1 Å². The van der Waals surface area contributed by atoms with Gasteiger partial charge < -0.3 is 19.8 Å². The minimum absolute atomic E-state index is 0.429. The number of nitrogens with zero attached hydrogens (tertiary/aromatic N) is 2. The lowest BCUT2D eigenvalue weighted by molar-refractivity contribution is 0.415. The third-order valence-electron chi connectivity index (χ3n) is 4.48. The molecule has 1 aliphatic heterocycles. The Kier molecular flexibility index (Phi) is 4.77. The number of furan rings is 1. The molecular formula is C20H20N4O4S. The van der Waals surface area contributed by atoms with Gasteiger partial charge in [-0.15, -0.1) is 0 Å². The van der Waals surface area contributed by atoms with Crippen LogP contribution in [0.15, 0.2) is 70.3 Å². The molecule has 4 rings (SSSR count). The fourth-order valence-electron chi connectivity index (χ4n) is 3.21. The Bertz CT molecular complexity index is 1170. The average molecular weight is 412 g/mol. The van der Waals surface area contributed by atoms with E-state index in [4.69, 9.17) is 14.9 Å². The molecule has 2 heterocycles. The smallest absolute Gasteiger partial charge is 0.229 e. The minimum atomic E-state index is -3.41. The zero-order valence-corrected chi connectivity index (χ0v) is 16.7. The number of sulfonamides is 1. The third-order valence-corrected chi connectivity index (χ3v) is 5.09. The Morgan fingerprint density at radius 2 is 1.93 bits per heavy atom. The number of amidine groups is 1. The maximum absolute atomic E-state index is 11.6. The molecule has 2 aromatic carbocycles. The standard InChI is InChI=1S/C20H20N4O4S/c1-27-16-8-6-15(7-9-16)24-18(21)17-10-11-28-20(17)22-19(24)13-4-3-5-14(12-13)23-29(2,25)26/h3-12,18,23H,21H2,1-2H3. The molecule has 0 spiro atoms. The maximum Gasteiger partial charge on any atom is 0.229 e. The van der Waals surface area contributed by atoms with Gasteiger partial charge in [-0.2, -0.15) is 4.99 Å². The number of nitrogens with two attached hydrogens (primary N) is 1. The van der Waals surface area contributed by atoms with Crippen LogP contribution in [0.3, 0.4) is 0 Å². The van der Waals surface area contributed by atoms with Crippen molar-refractivity contribution < 1.29 is 17.6 Å². The van der Waals surface area contributed by atoms with Crippen molar-refractivity contribution >= 4 is 33.1 Å². The summed E-state index contributed by atoms with van der Waals surface area (Å²) < 4.78 is 36.4. The Morgan fingerprint density at radius 1 is 1.17 bits per heavy atom. The molecule has 0 radical (unpaired) electrons. The number of anilines is 2. The van der Waals surface area contributed by atoms with Gasteiger partial charge in [-0.05, 0) is 42.5 Å². The van der Waals surface area contributed by atoms with Crippen LogP contribution >= 0.6 is 0 Å². The highest BCUT2D eigenvalue weighted by atomic mass is 32.2. The first-order valence-corrected chi connectivity index (χ1v) is 10.7. The first-order chi connectivity index (χ1) is 13.9. The first kappa shape index (κ1) is 19.0. The van der Waals surface area contributed by atoms with Gasteiger partial charge in [-0.3, -0.25) is 4.72 Å². The molecule has 1 aliphatic rings. The highest BCUT2D eigenvalue weighted by molar-refractivity contribution is 7.92. The molecule has 0 aliphatic carbocycles. The fraction of sp³-hybridized carbons (Fsp3) is 0.150. The van der Waals surface area contributed by atoms with Crippen molar-refractivity contribution in [2.45, 2.75) is 6.17 Å². The number of rotatable bonds is 5. The third kappa shape index (κ3) is 3.82. The summed E-state index contributed by atoms with van der Waals surface area (Å²) in [5.74, 6) is 1.70. The van der Waals surface area contributed by atoms with Crippen molar-refractivity contribution in [3.05, 3.63) is 72.0 Å². The summed E-state index contributed by atoms with van der Waals surface area (Å²) in [7, 11) is -1.81. The van der Waals surface area contributed by atoms with Gasteiger partial charge in [0.1, 0.15) is 17.8 Å². The highest BCUT2D eigenvalue weighted by Crippen LogP contribution is 2.38. The van der Waals surface area contributed by atoms with Crippen molar-refractivity contribution in [2.24, 2.45) is 10.7 Å². The van der Waals surface area contributed by atoms with Crippen LogP contribution in [0, 0.1) is 0 Å². The Morgan fingerprint density at radius 3 is 2.62 bits per heavy atom. The summed E-state index contributed by atoms with van der Waals surface area (Å²) in [6.07, 6.45) is 2.12. The van der Waals surface area contributed by atoms with Crippen molar-refractivity contribution in [1.29, 1.82) is 0 Å². The average Bonchev–Trinajstić information content (AvgIpc) is 3.16. The molecular weight excluding hydrogens is 392 g/mol. The molecule has 1 atom stereocenters. The molecule has 0 amide bonds. The monoisotopic (exact) mass is 412 g/mol. The van der Waals surface area contributed by atoms with E-state index in [1.807, 2.05) is 35.2 Å². The van der Waals surface area contributed by atoms with E-state index in [9.17, 15) is 8.42 Å². The highest BCUT2D eigenvalue weighted by Gasteiger charge is 2.31. The molecule has 0 saturated heterocycles. The number of hydrogen-bond acceptors (Lipinski definition) is 7. The molecule has 0 bridgehead atoms.